The maximum Gasteiger partial charge on any atom is 0.354 e. The van der Waals surface area contributed by atoms with E-state index < -0.39 is 17.3 Å². The van der Waals surface area contributed by atoms with Gasteiger partial charge in [0.1, 0.15) is 10.8 Å². The van der Waals surface area contributed by atoms with Crippen LogP contribution in [0.2, 0.25) is 10.2 Å². The topological polar surface area (TPSA) is 76.0 Å². The predicted molar refractivity (Wildman–Crippen MR) is 101 cm³/mol. The Bertz CT molecular complexity index is 1040. The SMILES string of the molecule is CC(C)(c1cccc(C(=O)O)n1)c1cc(Cl)cc(-c2ccc(Cl)nc2F)n1. The molecule has 0 aliphatic rings. The van der Waals surface area contributed by atoms with Crippen LogP contribution < -0.4 is 0 Å². The fraction of sp³-hybridized carbons (Fsp3) is 0.158. The highest BCUT2D eigenvalue weighted by Gasteiger charge is 2.28. The second-order valence-electron chi connectivity index (χ2n) is 6.37. The summed E-state index contributed by atoms with van der Waals surface area (Å²) in [6.45, 7) is 3.67. The summed E-state index contributed by atoms with van der Waals surface area (Å²) < 4.78 is 14.2. The van der Waals surface area contributed by atoms with Crippen LogP contribution in [0.15, 0.2) is 42.5 Å². The minimum Gasteiger partial charge on any atom is -0.477 e. The summed E-state index contributed by atoms with van der Waals surface area (Å²) in [5, 5.41) is 9.57. The predicted octanol–water partition coefficient (Wildman–Crippen LogP) is 5.01. The molecule has 0 fully saturated rings. The van der Waals surface area contributed by atoms with E-state index in [0.29, 0.717) is 22.1 Å². The Morgan fingerprint density at radius 2 is 1.78 bits per heavy atom. The standard InChI is InChI=1S/C19H14Cl2FN3O2/c1-19(2,14-5-3-4-12(23-14)18(26)27)15-9-10(20)8-13(24-15)11-6-7-16(21)25-17(11)22/h3-9H,1-2H3,(H,26,27). The molecule has 0 atom stereocenters. The Balaban J connectivity index is 2.12. The van der Waals surface area contributed by atoms with Gasteiger partial charge in [-0.2, -0.15) is 4.39 Å². The van der Waals surface area contributed by atoms with Gasteiger partial charge in [-0.05, 0) is 50.2 Å². The van der Waals surface area contributed by atoms with Crippen LogP contribution in [-0.4, -0.2) is 26.0 Å². The van der Waals surface area contributed by atoms with Gasteiger partial charge in [-0.25, -0.2) is 14.8 Å². The first-order valence-corrected chi connectivity index (χ1v) is 8.65. The number of hydrogen-bond acceptors (Lipinski definition) is 4. The molecule has 0 aliphatic heterocycles. The number of hydrogen-bond donors (Lipinski definition) is 1. The highest BCUT2D eigenvalue weighted by molar-refractivity contribution is 6.31. The maximum atomic E-state index is 14.2. The highest BCUT2D eigenvalue weighted by Crippen LogP contribution is 2.33. The first-order chi connectivity index (χ1) is 12.7. The van der Waals surface area contributed by atoms with Gasteiger partial charge in [-0.15, -0.1) is 0 Å². The zero-order chi connectivity index (χ0) is 19.8. The molecule has 5 nitrogen and oxygen atoms in total. The molecule has 0 spiro atoms. The lowest BCUT2D eigenvalue weighted by Crippen LogP contribution is -2.23. The molecule has 0 saturated carbocycles. The summed E-state index contributed by atoms with van der Waals surface area (Å²) in [5.74, 6) is -1.88. The van der Waals surface area contributed by atoms with Gasteiger partial charge in [0, 0.05) is 10.4 Å². The van der Waals surface area contributed by atoms with Crippen molar-refractivity contribution in [1.82, 2.24) is 15.0 Å². The molecule has 138 valence electrons. The van der Waals surface area contributed by atoms with Gasteiger partial charge < -0.3 is 5.11 Å². The Kier molecular flexibility index (Phi) is 5.13. The molecule has 27 heavy (non-hydrogen) atoms. The Morgan fingerprint density at radius 1 is 1.04 bits per heavy atom. The van der Waals surface area contributed by atoms with Gasteiger partial charge in [-0.3, -0.25) is 4.98 Å². The van der Waals surface area contributed by atoms with Crippen LogP contribution in [-0.2, 0) is 5.41 Å². The third-order valence-corrected chi connectivity index (χ3v) is 4.56. The number of halogens is 3. The first-order valence-electron chi connectivity index (χ1n) is 7.90. The minimum atomic E-state index is -1.12. The van der Waals surface area contributed by atoms with Crippen molar-refractivity contribution in [2.24, 2.45) is 0 Å². The van der Waals surface area contributed by atoms with E-state index in [0.717, 1.165) is 0 Å². The summed E-state index contributed by atoms with van der Waals surface area (Å²) >= 11 is 11.9. The number of nitrogens with zero attached hydrogens (tertiary/aromatic N) is 3. The normalized spacial score (nSPS) is 11.4. The average molecular weight is 406 g/mol. The van der Waals surface area contributed by atoms with E-state index in [4.69, 9.17) is 23.2 Å². The van der Waals surface area contributed by atoms with Crippen LogP contribution in [0.25, 0.3) is 11.3 Å². The van der Waals surface area contributed by atoms with Crippen molar-refractivity contribution in [3.8, 4) is 11.3 Å². The van der Waals surface area contributed by atoms with Crippen LogP contribution in [0.4, 0.5) is 4.39 Å². The molecule has 0 aliphatic carbocycles. The van der Waals surface area contributed by atoms with E-state index in [-0.39, 0.29) is 16.4 Å². The second-order valence-corrected chi connectivity index (χ2v) is 7.19. The lowest BCUT2D eigenvalue weighted by molar-refractivity contribution is 0.0690. The quantitative estimate of drug-likeness (QED) is 0.617. The smallest absolute Gasteiger partial charge is 0.354 e. The molecule has 3 aromatic heterocycles. The van der Waals surface area contributed by atoms with Crippen molar-refractivity contribution in [2.45, 2.75) is 19.3 Å². The van der Waals surface area contributed by atoms with Crippen LogP contribution >= 0.6 is 23.2 Å². The van der Waals surface area contributed by atoms with Gasteiger partial charge in [0.2, 0.25) is 5.95 Å². The molecule has 0 amide bonds. The van der Waals surface area contributed by atoms with Gasteiger partial charge in [0.15, 0.2) is 0 Å². The summed E-state index contributed by atoms with van der Waals surface area (Å²) in [5.41, 5.74) is 0.609. The van der Waals surface area contributed by atoms with Crippen LogP contribution in [0.5, 0.6) is 0 Å². The van der Waals surface area contributed by atoms with E-state index in [9.17, 15) is 14.3 Å². The zero-order valence-electron chi connectivity index (χ0n) is 14.4. The van der Waals surface area contributed by atoms with Gasteiger partial charge >= 0.3 is 5.97 Å². The maximum absolute atomic E-state index is 14.2. The largest absolute Gasteiger partial charge is 0.477 e. The molecule has 0 saturated heterocycles. The number of pyridine rings is 3. The van der Waals surface area contributed by atoms with Crippen LogP contribution in [0, 0.1) is 5.95 Å². The molecular formula is C19H14Cl2FN3O2. The number of aromatic carboxylic acids is 1. The average Bonchev–Trinajstić information content (AvgIpc) is 2.61. The van der Waals surface area contributed by atoms with E-state index >= 15 is 0 Å². The lowest BCUT2D eigenvalue weighted by atomic mass is 9.84. The van der Waals surface area contributed by atoms with Crippen molar-refractivity contribution in [3.63, 3.8) is 0 Å². The van der Waals surface area contributed by atoms with Crippen molar-refractivity contribution < 1.29 is 14.3 Å². The number of aromatic nitrogens is 3. The molecule has 1 N–H and O–H groups in total. The van der Waals surface area contributed by atoms with E-state index in [1.807, 2.05) is 13.8 Å². The van der Waals surface area contributed by atoms with E-state index in [2.05, 4.69) is 15.0 Å². The summed E-state index contributed by atoms with van der Waals surface area (Å²) in [4.78, 5) is 23.5. The summed E-state index contributed by atoms with van der Waals surface area (Å²) in [6, 6.07) is 10.8. The van der Waals surface area contributed by atoms with Crippen LogP contribution in [0.1, 0.15) is 35.7 Å². The molecule has 0 unspecified atom stereocenters. The molecule has 0 radical (unpaired) electrons. The van der Waals surface area contributed by atoms with Crippen molar-refractivity contribution in [1.29, 1.82) is 0 Å². The van der Waals surface area contributed by atoms with Crippen molar-refractivity contribution >= 4 is 29.2 Å². The van der Waals surface area contributed by atoms with Gasteiger partial charge in [0.05, 0.1) is 22.6 Å². The molecule has 3 heterocycles. The number of rotatable bonds is 4. The minimum absolute atomic E-state index is 0.0357. The molecular weight excluding hydrogens is 392 g/mol. The fourth-order valence-electron chi connectivity index (χ4n) is 2.59. The molecule has 8 heteroatoms. The first kappa shape index (κ1) is 19.2. The van der Waals surface area contributed by atoms with Gasteiger partial charge in [0.25, 0.3) is 0 Å². The third-order valence-electron chi connectivity index (χ3n) is 4.13. The monoisotopic (exact) mass is 405 g/mol. The number of carbonyl (C=O) groups is 1. The van der Waals surface area contributed by atoms with Crippen molar-refractivity contribution in [3.05, 3.63) is 75.7 Å². The Labute approximate surface area is 164 Å². The molecule has 3 rings (SSSR count). The molecule has 0 aromatic carbocycles. The van der Waals surface area contributed by atoms with Crippen molar-refractivity contribution in [2.75, 3.05) is 0 Å². The van der Waals surface area contributed by atoms with E-state index in [1.54, 1.807) is 18.2 Å². The van der Waals surface area contributed by atoms with Gasteiger partial charge in [-0.1, -0.05) is 29.3 Å². The number of carboxylic acid groups (broad SMARTS) is 1. The second kappa shape index (κ2) is 7.21. The Hall–Kier alpha value is -2.57. The van der Waals surface area contributed by atoms with Crippen LogP contribution in [0.3, 0.4) is 0 Å². The number of carboxylic acids is 1. The fourth-order valence-corrected chi connectivity index (χ4v) is 2.94. The highest BCUT2D eigenvalue weighted by atomic mass is 35.5. The summed E-state index contributed by atoms with van der Waals surface area (Å²) in [6.07, 6.45) is 0. The lowest BCUT2D eigenvalue weighted by Gasteiger charge is -2.24. The summed E-state index contributed by atoms with van der Waals surface area (Å²) in [7, 11) is 0. The zero-order valence-corrected chi connectivity index (χ0v) is 15.9. The van der Waals surface area contributed by atoms with E-state index in [1.165, 1.54) is 24.3 Å². The third kappa shape index (κ3) is 3.91. The molecule has 3 aromatic rings. The Morgan fingerprint density at radius 3 is 2.44 bits per heavy atom. The molecule has 0 bridgehead atoms.